The Bertz CT molecular complexity index is 482. The van der Waals surface area contributed by atoms with E-state index in [2.05, 4.69) is 22.2 Å². The van der Waals surface area contributed by atoms with Gasteiger partial charge in [-0.2, -0.15) is 0 Å². The molecule has 6 nitrogen and oxygen atoms in total. The van der Waals surface area contributed by atoms with Crippen LogP contribution < -0.4 is 24.8 Å². The summed E-state index contributed by atoms with van der Waals surface area (Å²) in [5.41, 5.74) is 0.992. The smallest absolute Gasteiger partial charge is 0.203 e. The highest BCUT2D eigenvalue weighted by Gasteiger charge is 2.13. The van der Waals surface area contributed by atoms with Crippen molar-refractivity contribution in [2.45, 2.75) is 6.54 Å². The number of nitrogens with one attached hydrogen (secondary N) is 2. The molecule has 0 bridgehead atoms. The van der Waals surface area contributed by atoms with Gasteiger partial charge in [0, 0.05) is 20.1 Å². The molecule has 0 aliphatic carbocycles. The number of rotatable bonds is 7. The zero-order valence-electron chi connectivity index (χ0n) is 13.4. The van der Waals surface area contributed by atoms with Gasteiger partial charge in [-0.3, -0.25) is 4.99 Å². The number of methoxy groups -OCH3 is 3. The molecule has 0 fully saturated rings. The van der Waals surface area contributed by atoms with E-state index in [9.17, 15) is 0 Å². The maximum atomic E-state index is 5.33. The fourth-order valence-corrected chi connectivity index (χ4v) is 1.81. The van der Waals surface area contributed by atoms with E-state index in [4.69, 9.17) is 14.2 Å². The van der Waals surface area contributed by atoms with E-state index in [0.29, 0.717) is 36.3 Å². The van der Waals surface area contributed by atoms with E-state index < -0.39 is 0 Å². The second-order valence-corrected chi connectivity index (χ2v) is 4.13. The van der Waals surface area contributed by atoms with E-state index >= 15 is 0 Å². The Balaban J connectivity index is 0.00000441. The minimum absolute atomic E-state index is 0. The number of hydrogen-bond acceptors (Lipinski definition) is 4. The molecule has 0 aliphatic heterocycles. The SMILES string of the molecule is C=CCNC(=NC)NCc1cc(OC)c(OC)c(OC)c1.I. The molecule has 0 saturated heterocycles. The molecule has 2 N–H and O–H groups in total. The summed E-state index contributed by atoms with van der Waals surface area (Å²) in [6.45, 7) is 4.88. The highest BCUT2D eigenvalue weighted by atomic mass is 127. The molecule has 1 aromatic carbocycles. The van der Waals surface area contributed by atoms with Gasteiger partial charge in [-0.15, -0.1) is 30.6 Å². The summed E-state index contributed by atoms with van der Waals surface area (Å²) in [5, 5.41) is 6.30. The van der Waals surface area contributed by atoms with Gasteiger partial charge >= 0.3 is 0 Å². The monoisotopic (exact) mass is 421 g/mol. The van der Waals surface area contributed by atoms with Crippen LogP contribution in [0.1, 0.15) is 5.56 Å². The van der Waals surface area contributed by atoms with Crippen molar-refractivity contribution in [3.8, 4) is 17.2 Å². The molecule has 1 rings (SSSR count). The van der Waals surface area contributed by atoms with Crippen molar-refractivity contribution in [1.82, 2.24) is 10.6 Å². The lowest BCUT2D eigenvalue weighted by molar-refractivity contribution is 0.323. The lowest BCUT2D eigenvalue weighted by atomic mass is 10.2. The van der Waals surface area contributed by atoms with Gasteiger partial charge in [0.15, 0.2) is 17.5 Å². The standard InChI is InChI=1S/C15H23N3O3.HI/c1-6-7-17-15(16-2)18-10-11-8-12(19-3)14(21-5)13(9-11)20-4;/h6,8-9H,1,7,10H2,2-5H3,(H2,16,17,18);1H. The molecule has 0 aromatic heterocycles. The zero-order chi connectivity index (χ0) is 15.7. The van der Waals surface area contributed by atoms with Gasteiger partial charge in [0.25, 0.3) is 0 Å². The number of halogens is 1. The average Bonchev–Trinajstić information content (AvgIpc) is 2.53. The summed E-state index contributed by atoms with van der Waals surface area (Å²) < 4.78 is 15.9. The third-order valence-electron chi connectivity index (χ3n) is 2.82. The molecule has 0 amide bonds. The average molecular weight is 421 g/mol. The van der Waals surface area contributed by atoms with Crippen LogP contribution in [0.3, 0.4) is 0 Å². The molecule has 0 aliphatic rings. The number of hydrogen-bond donors (Lipinski definition) is 2. The van der Waals surface area contributed by atoms with Gasteiger partial charge in [-0.05, 0) is 17.7 Å². The number of benzene rings is 1. The first-order chi connectivity index (χ1) is 10.2. The third kappa shape index (κ3) is 5.63. The van der Waals surface area contributed by atoms with Crippen molar-refractivity contribution in [2.24, 2.45) is 4.99 Å². The maximum Gasteiger partial charge on any atom is 0.203 e. The Morgan fingerprint density at radius 1 is 1.14 bits per heavy atom. The van der Waals surface area contributed by atoms with Crippen LogP contribution in [0.5, 0.6) is 17.2 Å². The predicted molar refractivity (Wildman–Crippen MR) is 99.9 cm³/mol. The minimum atomic E-state index is 0. The van der Waals surface area contributed by atoms with Crippen LogP contribution >= 0.6 is 24.0 Å². The van der Waals surface area contributed by atoms with Crippen LogP contribution in [0.2, 0.25) is 0 Å². The fourth-order valence-electron chi connectivity index (χ4n) is 1.81. The summed E-state index contributed by atoms with van der Waals surface area (Å²) in [6, 6.07) is 3.80. The number of guanidine groups is 1. The molecule has 124 valence electrons. The van der Waals surface area contributed by atoms with Crippen molar-refractivity contribution in [3.05, 3.63) is 30.4 Å². The molecule has 0 spiro atoms. The van der Waals surface area contributed by atoms with Crippen molar-refractivity contribution in [2.75, 3.05) is 34.9 Å². The van der Waals surface area contributed by atoms with Gasteiger partial charge in [0.2, 0.25) is 5.75 Å². The number of ether oxygens (including phenoxy) is 3. The Morgan fingerprint density at radius 3 is 2.14 bits per heavy atom. The predicted octanol–water partition coefficient (Wildman–Crippen LogP) is 2.18. The Hall–Kier alpha value is -1.64. The molecule has 0 radical (unpaired) electrons. The molecule has 0 saturated carbocycles. The maximum absolute atomic E-state index is 5.33. The second kappa shape index (κ2) is 11.0. The Kier molecular flexibility index (Phi) is 10.2. The van der Waals surface area contributed by atoms with E-state index in [-0.39, 0.29) is 24.0 Å². The van der Waals surface area contributed by atoms with Crippen LogP contribution in [0, 0.1) is 0 Å². The lowest BCUT2D eigenvalue weighted by Crippen LogP contribution is -2.36. The summed E-state index contributed by atoms with van der Waals surface area (Å²) in [7, 11) is 6.49. The van der Waals surface area contributed by atoms with Crippen LogP contribution in [0.25, 0.3) is 0 Å². The first-order valence-corrected chi connectivity index (χ1v) is 6.54. The van der Waals surface area contributed by atoms with Crippen LogP contribution in [-0.2, 0) is 6.54 Å². The van der Waals surface area contributed by atoms with E-state index in [1.54, 1.807) is 34.5 Å². The molecule has 0 unspecified atom stereocenters. The Morgan fingerprint density at radius 2 is 1.73 bits per heavy atom. The van der Waals surface area contributed by atoms with Gasteiger partial charge in [-0.1, -0.05) is 6.08 Å². The highest BCUT2D eigenvalue weighted by Crippen LogP contribution is 2.38. The van der Waals surface area contributed by atoms with E-state index in [0.717, 1.165) is 5.56 Å². The zero-order valence-corrected chi connectivity index (χ0v) is 15.8. The minimum Gasteiger partial charge on any atom is -0.493 e. The molecular weight excluding hydrogens is 397 g/mol. The van der Waals surface area contributed by atoms with Gasteiger partial charge in [0.1, 0.15) is 0 Å². The van der Waals surface area contributed by atoms with E-state index in [1.807, 2.05) is 12.1 Å². The molecule has 1 aromatic rings. The van der Waals surface area contributed by atoms with Crippen LogP contribution in [0.15, 0.2) is 29.8 Å². The quantitative estimate of drug-likeness (QED) is 0.306. The normalized spacial score (nSPS) is 10.3. The number of aliphatic imine (C=N–C) groups is 1. The summed E-state index contributed by atoms with van der Waals surface area (Å²) >= 11 is 0. The first-order valence-electron chi connectivity index (χ1n) is 6.54. The topological polar surface area (TPSA) is 64.1 Å². The molecule has 7 heteroatoms. The lowest BCUT2D eigenvalue weighted by Gasteiger charge is -2.15. The van der Waals surface area contributed by atoms with Gasteiger partial charge in [-0.25, -0.2) is 0 Å². The largest absolute Gasteiger partial charge is 0.493 e. The highest BCUT2D eigenvalue weighted by molar-refractivity contribution is 14.0. The number of nitrogens with zero attached hydrogens (tertiary/aromatic N) is 1. The van der Waals surface area contributed by atoms with E-state index in [1.165, 1.54) is 0 Å². The van der Waals surface area contributed by atoms with Crippen molar-refractivity contribution in [3.63, 3.8) is 0 Å². The van der Waals surface area contributed by atoms with Crippen molar-refractivity contribution < 1.29 is 14.2 Å². The first kappa shape index (κ1) is 20.4. The van der Waals surface area contributed by atoms with Crippen LogP contribution in [-0.4, -0.2) is 40.9 Å². The third-order valence-corrected chi connectivity index (χ3v) is 2.82. The summed E-state index contributed by atoms with van der Waals surface area (Å²) in [5.74, 6) is 2.53. The van der Waals surface area contributed by atoms with Crippen molar-refractivity contribution in [1.29, 1.82) is 0 Å². The van der Waals surface area contributed by atoms with Crippen LogP contribution in [0.4, 0.5) is 0 Å². The second-order valence-electron chi connectivity index (χ2n) is 4.13. The fraction of sp³-hybridized carbons (Fsp3) is 0.400. The van der Waals surface area contributed by atoms with Gasteiger partial charge < -0.3 is 24.8 Å². The molecular formula is C15H24IN3O3. The molecule has 22 heavy (non-hydrogen) atoms. The molecule has 0 heterocycles. The Labute approximate surface area is 149 Å². The van der Waals surface area contributed by atoms with Gasteiger partial charge in [0.05, 0.1) is 21.3 Å². The molecule has 0 atom stereocenters. The summed E-state index contributed by atoms with van der Waals surface area (Å²) in [6.07, 6.45) is 1.77. The summed E-state index contributed by atoms with van der Waals surface area (Å²) in [4.78, 5) is 4.12. The van der Waals surface area contributed by atoms with Crippen molar-refractivity contribution >= 4 is 29.9 Å².